The maximum absolute atomic E-state index is 5.79. The Morgan fingerprint density at radius 1 is 1.29 bits per heavy atom. The van der Waals surface area contributed by atoms with Crippen LogP contribution in [0.5, 0.6) is 0 Å². The smallest absolute Gasteiger partial charge is 0.0760 e. The number of likely N-dealkylation sites (N-methyl/N-ethyl adjacent to an activating group) is 1. The molecule has 0 saturated carbocycles. The van der Waals surface area contributed by atoms with Gasteiger partial charge in [0.2, 0.25) is 0 Å². The predicted molar refractivity (Wildman–Crippen MR) is 57.5 cm³/mol. The molecule has 14 heavy (non-hydrogen) atoms. The maximum atomic E-state index is 5.79. The molecule has 1 aliphatic heterocycles. The van der Waals surface area contributed by atoms with E-state index in [9.17, 15) is 0 Å². The first-order chi connectivity index (χ1) is 6.42. The first-order valence-corrected chi connectivity index (χ1v) is 5.27. The molecule has 1 fully saturated rings. The van der Waals surface area contributed by atoms with Crippen molar-refractivity contribution in [2.24, 2.45) is 5.92 Å². The van der Waals surface area contributed by atoms with E-state index in [-0.39, 0.29) is 5.60 Å². The molecule has 3 heteroatoms. The van der Waals surface area contributed by atoms with Crippen molar-refractivity contribution in [1.29, 1.82) is 0 Å². The van der Waals surface area contributed by atoms with Crippen molar-refractivity contribution >= 4 is 0 Å². The Labute approximate surface area is 87.4 Å². The van der Waals surface area contributed by atoms with Gasteiger partial charge in [0, 0.05) is 26.1 Å². The Bertz CT molecular complexity index is 177. The second-order valence-corrected chi connectivity index (χ2v) is 5.18. The third kappa shape index (κ3) is 3.56. The number of hydrogen-bond acceptors (Lipinski definition) is 3. The van der Waals surface area contributed by atoms with Gasteiger partial charge in [-0.1, -0.05) is 0 Å². The Kier molecular flexibility index (Phi) is 3.93. The zero-order valence-corrected chi connectivity index (χ0v) is 10.0. The average molecular weight is 201 g/mol. The van der Waals surface area contributed by atoms with Crippen molar-refractivity contribution in [2.75, 3.05) is 33.9 Å². The molecule has 1 rings (SSSR count). The molecule has 3 nitrogen and oxygen atoms in total. The Morgan fingerprint density at radius 2 is 1.93 bits per heavy atom. The van der Waals surface area contributed by atoms with Crippen molar-refractivity contribution < 1.29 is 9.47 Å². The third-order valence-corrected chi connectivity index (χ3v) is 2.60. The highest BCUT2D eigenvalue weighted by atomic mass is 16.5. The summed E-state index contributed by atoms with van der Waals surface area (Å²) >= 11 is 0. The van der Waals surface area contributed by atoms with Crippen LogP contribution >= 0.6 is 0 Å². The molecule has 0 unspecified atom stereocenters. The molecule has 2 atom stereocenters. The standard InChI is InChI=1S/C11H23NO2/c1-11(2,3)14-8-9-6-12(4)7-10(9)13-5/h9-10H,6-8H2,1-5H3/t9-,10+/m1/s1. The van der Waals surface area contributed by atoms with Crippen molar-refractivity contribution in [3.05, 3.63) is 0 Å². The van der Waals surface area contributed by atoms with Crippen LogP contribution < -0.4 is 0 Å². The summed E-state index contributed by atoms with van der Waals surface area (Å²) in [6, 6.07) is 0. The summed E-state index contributed by atoms with van der Waals surface area (Å²) in [5.41, 5.74) is -0.0422. The SMILES string of the molecule is CO[C@H]1CN(C)C[C@@H]1COC(C)(C)C. The van der Waals surface area contributed by atoms with E-state index in [1.807, 2.05) is 0 Å². The minimum Gasteiger partial charge on any atom is -0.380 e. The van der Waals surface area contributed by atoms with Gasteiger partial charge in [0.05, 0.1) is 18.3 Å². The fourth-order valence-corrected chi connectivity index (χ4v) is 1.83. The molecule has 1 aliphatic rings. The van der Waals surface area contributed by atoms with Gasteiger partial charge in [-0.3, -0.25) is 0 Å². The predicted octanol–water partition coefficient (Wildman–Crippen LogP) is 1.38. The summed E-state index contributed by atoms with van der Waals surface area (Å²) in [6.45, 7) is 9.17. The fraction of sp³-hybridized carbons (Fsp3) is 1.00. The molecule has 0 aromatic rings. The molecule has 0 aliphatic carbocycles. The highest BCUT2D eigenvalue weighted by Gasteiger charge is 2.31. The van der Waals surface area contributed by atoms with Crippen molar-refractivity contribution in [3.8, 4) is 0 Å². The molecule has 84 valence electrons. The van der Waals surface area contributed by atoms with E-state index in [2.05, 4.69) is 32.7 Å². The van der Waals surface area contributed by atoms with Crippen LogP contribution in [0.15, 0.2) is 0 Å². The van der Waals surface area contributed by atoms with E-state index in [4.69, 9.17) is 9.47 Å². The van der Waals surface area contributed by atoms with Gasteiger partial charge in [-0.15, -0.1) is 0 Å². The van der Waals surface area contributed by atoms with Crippen LogP contribution in [0, 0.1) is 5.92 Å². The highest BCUT2D eigenvalue weighted by Crippen LogP contribution is 2.20. The number of nitrogens with zero attached hydrogens (tertiary/aromatic N) is 1. The largest absolute Gasteiger partial charge is 0.380 e. The normalized spacial score (nSPS) is 29.8. The van der Waals surface area contributed by atoms with E-state index in [1.165, 1.54) is 0 Å². The van der Waals surface area contributed by atoms with E-state index in [0.717, 1.165) is 19.7 Å². The van der Waals surface area contributed by atoms with Crippen LogP contribution in [0.1, 0.15) is 20.8 Å². The van der Waals surface area contributed by atoms with Crippen molar-refractivity contribution in [3.63, 3.8) is 0 Å². The monoisotopic (exact) mass is 201 g/mol. The molecular weight excluding hydrogens is 178 g/mol. The second-order valence-electron chi connectivity index (χ2n) is 5.18. The van der Waals surface area contributed by atoms with Gasteiger partial charge in [-0.2, -0.15) is 0 Å². The summed E-state index contributed by atoms with van der Waals surface area (Å²) in [4.78, 5) is 2.30. The van der Waals surface area contributed by atoms with E-state index < -0.39 is 0 Å². The van der Waals surface area contributed by atoms with Crippen LogP contribution in [-0.2, 0) is 9.47 Å². The van der Waals surface area contributed by atoms with Crippen LogP contribution in [0.25, 0.3) is 0 Å². The van der Waals surface area contributed by atoms with Gasteiger partial charge < -0.3 is 14.4 Å². The quantitative estimate of drug-likeness (QED) is 0.688. The van der Waals surface area contributed by atoms with Gasteiger partial charge in [-0.05, 0) is 27.8 Å². The third-order valence-electron chi connectivity index (χ3n) is 2.60. The molecule has 0 spiro atoms. The van der Waals surface area contributed by atoms with Crippen molar-refractivity contribution in [1.82, 2.24) is 4.90 Å². The Hall–Kier alpha value is -0.120. The lowest BCUT2D eigenvalue weighted by atomic mass is 10.1. The van der Waals surface area contributed by atoms with Gasteiger partial charge in [0.25, 0.3) is 0 Å². The van der Waals surface area contributed by atoms with Gasteiger partial charge >= 0.3 is 0 Å². The highest BCUT2D eigenvalue weighted by molar-refractivity contribution is 4.83. The number of ether oxygens (including phenoxy) is 2. The van der Waals surface area contributed by atoms with E-state index in [0.29, 0.717) is 12.0 Å². The van der Waals surface area contributed by atoms with Crippen LogP contribution in [0.3, 0.4) is 0 Å². The first kappa shape index (κ1) is 12.0. The molecule has 0 aromatic heterocycles. The summed E-state index contributed by atoms with van der Waals surface area (Å²) in [6.07, 6.45) is 0.336. The van der Waals surface area contributed by atoms with Crippen LogP contribution in [-0.4, -0.2) is 50.5 Å². The summed E-state index contributed by atoms with van der Waals surface area (Å²) in [5.74, 6) is 0.518. The lowest BCUT2D eigenvalue weighted by molar-refractivity contribution is -0.0435. The summed E-state index contributed by atoms with van der Waals surface area (Å²) in [7, 11) is 3.91. The zero-order valence-electron chi connectivity index (χ0n) is 10.0. The maximum Gasteiger partial charge on any atom is 0.0760 e. The molecule has 0 aromatic carbocycles. The molecule has 0 radical (unpaired) electrons. The van der Waals surface area contributed by atoms with E-state index >= 15 is 0 Å². The Morgan fingerprint density at radius 3 is 2.43 bits per heavy atom. The topological polar surface area (TPSA) is 21.7 Å². The van der Waals surface area contributed by atoms with Crippen LogP contribution in [0.4, 0.5) is 0 Å². The Balaban J connectivity index is 2.36. The number of methoxy groups -OCH3 is 1. The lowest BCUT2D eigenvalue weighted by Gasteiger charge is -2.24. The summed E-state index contributed by atoms with van der Waals surface area (Å²) in [5, 5.41) is 0. The minimum atomic E-state index is -0.0422. The van der Waals surface area contributed by atoms with E-state index in [1.54, 1.807) is 7.11 Å². The molecule has 0 N–H and O–H groups in total. The number of rotatable bonds is 3. The lowest BCUT2D eigenvalue weighted by Crippen LogP contribution is -2.30. The van der Waals surface area contributed by atoms with Gasteiger partial charge in [-0.25, -0.2) is 0 Å². The van der Waals surface area contributed by atoms with Gasteiger partial charge in [0.1, 0.15) is 0 Å². The second kappa shape index (κ2) is 4.60. The molecular formula is C11H23NO2. The zero-order chi connectivity index (χ0) is 10.8. The minimum absolute atomic E-state index is 0.0422. The molecule has 0 bridgehead atoms. The van der Waals surface area contributed by atoms with Crippen LogP contribution in [0.2, 0.25) is 0 Å². The van der Waals surface area contributed by atoms with Gasteiger partial charge in [0.15, 0.2) is 0 Å². The summed E-state index contributed by atoms with van der Waals surface area (Å²) < 4.78 is 11.2. The van der Waals surface area contributed by atoms with Crippen molar-refractivity contribution in [2.45, 2.75) is 32.5 Å². The number of hydrogen-bond donors (Lipinski definition) is 0. The number of likely N-dealkylation sites (tertiary alicyclic amines) is 1. The first-order valence-electron chi connectivity index (χ1n) is 5.27. The average Bonchev–Trinajstić information content (AvgIpc) is 2.41. The molecule has 1 heterocycles. The fourth-order valence-electron chi connectivity index (χ4n) is 1.83. The molecule has 0 amide bonds. The molecule has 1 saturated heterocycles.